The molecule has 0 amide bonds. The van der Waals surface area contributed by atoms with Crippen LogP contribution in [0.4, 0.5) is 0 Å². The number of aliphatic hydroxyl groups excluding tert-OH is 1. The van der Waals surface area contributed by atoms with E-state index >= 15 is 0 Å². The highest BCUT2D eigenvalue weighted by atomic mass is 16.5. The first-order chi connectivity index (χ1) is 8.79. The summed E-state index contributed by atoms with van der Waals surface area (Å²) in [5, 5.41) is 9.67. The monoisotopic (exact) mass is 246 g/mol. The zero-order chi connectivity index (χ0) is 12.8. The van der Waals surface area contributed by atoms with E-state index in [1.165, 1.54) is 0 Å². The fourth-order valence-electron chi connectivity index (χ4n) is 1.71. The van der Waals surface area contributed by atoms with Gasteiger partial charge in [-0.25, -0.2) is 4.98 Å². The third-order valence-electron chi connectivity index (χ3n) is 2.83. The average molecular weight is 246 g/mol. The number of imidazole rings is 1. The molecule has 0 saturated heterocycles. The zero-order valence-electron chi connectivity index (χ0n) is 10.5. The molecule has 1 aromatic carbocycles. The number of hydrogen-bond donors (Lipinski definition) is 1. The molecule has 0 fully saturated rings. The molecule has 1 aromatic heterocycles. The van der Waals surface area contributed by atoms with Crippen molar-refractivity contribution >= 4 is 0 Å². The summed E-state index contributed by atoms with van der Waals surface area (Å²) in [6.07, 6.45) is 5.76. The van der Waals surface area contributed by atoms with E-state index in [9.17, 15) is 5.11 Å². The standard InChI is InChI=1S/C14H18N2O2/c1-2-14(17)12-3-5-13(6-4-12)18-10-9-16-8-7-15-11-16/h3-8,11,14,17H,2,9-10H2,1H3/t14-/m1/s1. The second-order valence-corrected chi connectivity index (χ2v) is 4.14. The molecule has 2 rings (SSSR count). The first-order valence-corrected chi connectivity index (χ1v) is 6.16. The molecular formula is C14H18N2O2. The maximum absolute atomic E-state index is 9.67. The summed E-state index contributed by atoms with van der Waals surface area (Å²) in [6.45, 7) is 3.34. The van der Waals surface area contributed by atoms with Crippen LogP contribution in [0.5, 0.6) is 5.75 Å². The van der Waals surface area contributed by atoms with E-state index < -0.39 is 0 Å². The predicted octanol–water partition coefficient (Wildman–Crippen LogP) is 2.41. The summed E-state index contributed by atoms with van der Waals surface area (Å²) >= 11 is 0. The van der Waals surface area contributed by atoms with E-state index in [4.69, 9.17) is 4.74 Å². The van der Waals surface area contributed by atoms with Crippen molar-refractivity contribution in [2.24, 2.45) is 0 Å². The SMILES string of the molecule is CC[C@@H](O)c1ccc(OCCn2ccnc2)cc1. The number of aliphatic hydroxyl groups is 1. The normalized spacial score (nSPS) is 12.3. The fraction of sp³-hybridized carbons (Fsp3) is 0.357. The third-order valence-corrected chi connectivity index (χ3v) is 2.83. The van der Waals surface area contributed by atoms with Crippen LogP contribution in [0.1, 0.15) is 25.0 Å². The van der Waals surface area contributed by atoms with E-state index in [1.807, 2.05) is 42.0 Å². The molecule has 1 atom stereocenters. The van der Waals surface area contributed by atoms with Crippen LogP contribution in [0.3, 0.4) is 0 Å². The van der Waals surface area contributed by atoms with Gasteiger partial charge in [-0.3, -0.25) is 0 Å². The molecular weight excluding hydrogens is 228 g/mol. The predicted molar refractivity (Wildman–Crippen MR) is 69.4 cm³/mol. The Labute approximate surface area is 107 Å². The van der Waals surface area contributed by atoms with Crippen LogP contribution in [0.2, 0.25) is 0 Å². The summed E-state index contributed by atoms with van der Waals surface area (Å²) in [5.74, 6) is 0.821. The van der Waals surface area contributed by atoms with Gasteiger partial charge in [0.25, 0.3) is 0 Å². The Bertz CT molecular complexity index is 451. The third kappa shape index (κ3) is 3.34. The van der Waals surface area contributed by atoms with Crippen molar-refractivity contribution in [1.82, 2.24) is 9.55 Å². The molecule has 96 valence electrons. The molecule has 18 heavy (non-hydrogen) atoms. The maximum atomic E-state index is 9.67. The molecule has 0 spiro atoms. The lowest BCUT2D eigenvalue weighted by Crippen LogP contribution is -2.06. The van der Waals surface area contributed by atoms with Gasteiger partial charge < -0.3 is 14.4 Å². The summed E-state index contributed by atoms with van der Waals surface area (Å²) < 4.78 is 7.58. The second kappa shape index (κ2) is 6.21. The minimum Gasteiger partial charge on any atom is -0.492 e. The highest BCUT2D eigenvalue weighted by Gasteiger charge is 2.04. The number of rotatable bonds is 6. The molecule has 4 nitrogen and oxygen atoms in total. The van der Waals surface area contributed by atoms with E-state index in [2.05, 4.69) is 4.98 Å². The Morgan fingerprint density at radius 2 is 2.11 bits per heavy atom. The first kappa shape index (κ1) is 12.6. The molecule has 0 saturated carbocycles. The van der Waals surface area contributed by atoms with Crippen LogP contribution in [0, 0.1) is 0 Å². The van der Waals surface area contributed by atoms with Gasteiger partial charge in [0.15, 0.2) is 0 Å². The number of benzene rings is 1. The molecule has 1 N–H and O–H groups in total. The summed E-state index contributed by atoms with van der Waals surface area (Å²) in [5.41, 5.74) is 0.930. The Balaban J connectivity index is 1.83. The van der Waals surface area contributed by atoms with Crippen molar-refractivity contribution in [2.45, 2.75) is 26.0 Å². The fourth-order valence-corrected chi connectivity index (χ4v) is 1.71. The van der Waals surface area contributed by atoms with E-state index in [0.717, 1.165) is 24.3 Å². The first-order valence-electron chi connectivity index (χ1n) is 6.16. The lowest BCUT2D eigenvalue weighted by Gasteiger charge is -2.10. The van der Waals surface area contributed by atoms with E-state index in [0.29, 0.717) is 6.61 Å². The van der Waals surface area contributed by atoms with E-state index in [1.54, 1.807) is 12.5 Å². The Morgan fingerprint density at radius 1 is 1.33 bits per heavy atom. The van der Waals surface area contributed by atoms with Gasteiger partial charge in [-0.15, -0.1) is 0 Å². The van der Waals surface area contributed by atoms with Crippen LogP contribution >= 0.6 is 0 Å². The van der Waals surface area contributed by atoms with Crippen LogP contribution in [-0.4, -0.2) is 21.3 Å². The molecule has 0 radical (unpaired) electrons. The second-order valence-electron chi connectivity index (χ2n) is 4.14. The number of nitrogens with zero attached hydrogens (tertiary/aromatic N) is 2. The van der Waals surface area contributed by atoms with Gasteiger partial charge in [-0.05, 0) is 24.1 Å². The van der Waals surface area contributed by atoms with Gasteiger partial charge in [0, 0.05) is 12.4 Å². The highest BCUT2D eigenvalue weighted by Crippen LogP contribution is 2.19. The van der Waals surface area contributed by atoms with Crippen LogP contribution in [-0.2, 0) is 6.54 Å². The maximum Gasteiger partial charge on any atom is 0.119 e. The molecule has 2 aromatic rings. The van der Waals surface area contributed by atoms with Gasteiger partial charge in [-0.1, -0.05) is 19.1 Å². The molecule has 1 heterocycles. The molecule has 0 aliphatic carbocycles. The topological polar surface area (TPSA) is 47.3 Å². The summed E-state index contributed by atoms with van der Waals surface area (Å²) in [6, 6.07) is 7.59. The lowest BCUT2D eigenvalue weighted by atomic mass is 10.1. The highest BCUT2D eigenvalue weighted by molar-refractivity contribution is 5.28. The van der Waals surface area contributed by atoms with Crippen molar-refractivity contribution in [3.05, 3.63) is 48.5 Å². The Morgan fingerprint density at radius 3 is 2.72 bits per heavy atom. The lowest BCUT2D eigenvalue weighted by molar-refractivity contribution is 0.173. The quantitative estimate of drug-likeness (QED) is 0.851. The largest absolute Gasteiger partial charge is 0.492 e. The average Bonchev–Trinajstić information content (AvgIpc) is 2.92. The minimum atomic E-state index is -0.384. The molecule has 0 aliphatic rings. The van der Waals surface area contributed by atoms with Gasteiger partial charge >= 0.3 is 0 Å². The van der Waals surface area contributed by atoms with E-state index in [-0.39, 0.29) is 6.10 Å². The molecule has 0 unspecified atom stereocenters. The smallest absolute Gasteiger partial charge is 0.119 e. The number of aromatic nitrogens is 2. The summed E-state index contributed by atoms with van der Waals surface area (Å²) in [4.78, 5) is 3.97. The van der Waals surface area contributed by atoms with Crippen molar-refractivity contribution in [3.8, 4) is 5.75 Å². The van der Waals surface area contributed by atoms with Crippen molar-refractivity contribution in [1.29, 1.82) is 0 Å². The van der Waals surface area contributed by atoms with Gasteiger partial charge in [0.05, 0.1) is 19.0 Å². The van der Waals surface area contributed by atoms with Crippen LogP contribution in [0.25, 0.3) is 0 Å². The van der Waals surface area contributed by atoms with Crippen molar-refractivity contribution in [2.75, 3.05) is 6.61 Å². The van der Waals surface area contributed by atoms with Crippen molar-refractivity contribution < 1.29 is 9.84 Å². The minimum absolute atomic E-state index is 0.384. The molecule has 4 heteroatoms. The summed E-state index contributed by atoms with van der Waals surface area (Å²) in [7, 11) is 0. The van der Waals surface area contributed by atoms with Crippen LogP contribution < -0.4 is 4.74 Å². The van der Waals surface area contributed by atoms with Crippen LogP contribution in [0.15, 0.2) is 43.0 Å². The zero-order valence-corrected chi connectivity index (χ0v) is 10.5. The van der Waals surface area contributed by atoms with Crippen molar-refractivity contribution in [3.63, 3.8) is 0 Å². The Hall–Kier alpha value is -1.81. The van der Waals surface area contributed by atoms with Gasteiger partial charge in [-0.2, -0.15) is 0 Å². The number of hydrogen-bond acceptors (Lipinski definition) is 3. The van der Waals surface area contributed by atoms with Gasteiger partial charge in [0.1, 0.15) is 12.4 Å². The van der Waals surface area contributed by atoms with Gasteiger partial charge in [0.2, 0.25) is 0 Å². The molecule has 0 aliphatic heterocycles. The Kier molecular flexibility index (Phi) is 4.36. The molecule has 0 bridgehead atoms. The number of ether oxygens (including phenoxy) is 1.